The third-order valence-corrected chi connectivity index (χ3v) is 3.39. The van der Waals surface area contributed by atoms with E-state index in [1.54, 1.807) is 0 Å². The number of methoxy groups -OCH3 is 2. The van der Waals surface area contributed by atoms with Crippen LogP contribution in [0.15, 0.2) is 36.4 Å². The fraction of sp³-hybridized carbons (Fsp3) is 0.176. The highest BCUT2D eigenvalue weighted by molar-refractivity contribution is 5.96. The molecule has 2 rings (SSSR count). The molecule has 27 heavy (non-hydrogen) atoms. The number of hydrogen-bond donors (Lipinski definition) is 1. The highest BCUT2D eigenvalue weighted by atomic mass is 19.1. The van der Waals surface area contributed by atoms with Crippen LogP contribution in [0.3, 0.4) is 0 Å². The normalized spacial score (nSPS) is 10.0. The third kappa shape index (κ3) is 4.91. The van der Waals surface area contributed by atoms with Crippen LogP contribution in [0.5, 0.6) is 11.5 Å². The van der Waals surface area contributed by atoms with E-state index in [2.05, 4.69) is 5.32 Å². The summed E-state index contributed by atoms with van der Waals surface area (Å²) in [5.74, 6) is -2.27. The van der Waals surface area contributed by atoms with Gasteiger partial charge in [0.15, 0.2) is 18.2 Å². The maximum Gasteiger partial charge on any atom is 0.338 e. The lowest BCUT2D eigenvalue weighted by Crippen LogP contribution is -2.21. The standard InChI is InChI=1S/C17H15FN2O7/c1-25-14-5-3-10(7-12(14)18)17(22)27-9-16(21)19-13-8-11(20(23)24)4-6-15(13)26-2/h3-8H,9H2,1-2H3,(H,19,21). The number of nitro benzene ring substituents is 1. The molecule has 0 atom stereocenters. The van der Waals surface area contributed by atoms with E-state index in [0.29, 0.717) is 0 Å². The Morgan fingerprint density at radius 3 is 2.37 bits per heavy atom. The van der Waals surface area contributed by atoms with Crippen molar-refractivity contribution in [2.75, 3.05) is 26.1 Å². The molecule has 0 radical (unpaired) electrons. The maximum atomic E-state index is 13.6. The molecule has 0 spiro atoms. The summed E-state index contributed by atoms with van der Waals surface area (Å²) in [6.07, 6.45) is 0. The SMILES string of the molecule is COc1ccc(C(=O)OCC(=O)Nc2cc([N+](=O)[O-])ccc2OC)cc1F. The number of rotatable bonds is 7. The van der Waals surface area contributed by atoms with Crippen molar-refractivity contribution in [1.82, 2.24) is 0 Å². The number of non-ortho nitro benzene ring substituents is 1. The van der Waals surface area contributed by atoms with Gasteiger partial charge < -0.3 is 19.5 Å². The topological polar surface area (TPSA) is 117 Å². The van der Waals surface area contributed by atoms with E-state index in [-0.39, 0.29) is 28.4 Å². The lowest BCUT2D eigenvalue weighted by Gasteiger charge is -2.10. The van der Waals surface area contributed by atoms with Crippen molar-refractivity contribution in [3.05, 3.63) is 57.9 Å². The van der Waals surface area contributed by atoms with Gasteiger partial charge in [0.2, 0.25) is 0 Å². The number of anilines is 1. The van der Waals surface area contributed by atoms with Crippen molar-refractivity contribution in [3.63, 3.8) is 0 Å². The Balaban J connectivity index is 2.02. The molecule has 0 bridgehead atoms. The fourth-order valence-electron chi connectivity index (χ4n) is 2.10. The van der Waals surface area contributed by atoms with Crippen molar-refractivity contribution < 1.29 is 33.1 Å². The number of nitro groups is 1. The van der Waals surface area contributed by atoms with Crippen molar-refractivity contribution in [2.45, 2.75) is 0 Å². The minimum atomic E-state index is -0.919. The summed E-state index contributed by atoms with van der Waals surface area (Å²) >= 11 is 0. The summed E-state index contributed by atoms with van der Waals surface area (Å²) in [5.41, 5.74) is -0.311. The van der Waals surface area contributed by atoms with Gasteiger partial charge in [0, 0.05) is 12.1 Å². The number of nitrogens with one attached hydrogen (secondary N) is 1. The summed E-state index contributed by atoms with van der Waals surface area (Å²) < 4.78 is 28.2. The van der Waals surface area contributed by atoms with Gasteiger partial charge in [0.25, 0.3) is 11.6 Å². The first-order valence-electron chi connectivity index (χ1n) is 7.48. The first-order chi connectivity index (χ1) is 12.8. The first-order valence-corrected chi connectivity index (χ1v) is 7.48. The van der Waals surface area contributed by atoms with E-state index in [4.69, 9.17) is 14.2 Å². The second kappa shape index (κ2) is 8.61. The monoisotopic (exact) mass is 378 g/mol. The molecule has 1 N–H and O–H groups in total. The van der Waals surface area contributed by atoms with Gasteiger partial charge in [0.05, 0.1) is 30.4 Å². The average Bonchev–Trinajstić information content (AvgIpc) is 2.65. The molecule has 2 aromatic rings. The lowest BCUT2D eigenvalue weighted by atomic mass is 10.2. The molecule has 1 amide bonds. The second-order valence-corrected chi connectivity index (χ2v) is 5.12. The highest BCUT2D eigenvalue weighted by Gasteiger charge is 2.16. The van der Waals surface area contributed by atoms with E-state index in [1.807, 2.05) is 0 Å². The molecular weight excluding hydrogens is 363 g/mol. The zero-order valence-electron chi connectivity index (χ0n) is 14.4. The Morgan fingerprint density at radius 1 is 1.11 bits per heavy atom. The number of esters is 1. The molecular formula is C17H15FN2O7. The van der Waals surface area contributed by atoms with Gasteiger partial charge in [-0.1, -0.05) is 0 Å². The van der Waals surface area contributed by atoms with Gasteiger partial charge in [-0.2, -0.15) is 0 Å². The number of amides is 1. The van der Waals surface area contributed by atoms with Gasteiger partial charge in [-0.15, -0.1) is 0 Å². The van der Waals surface area contributed by atoms with Gasteiger partial charge in [-0.05, 0) is 24.3 Å². The molecule has 10 heteroatoms. The predicted molar refractivity (Wildman–Crippen MR) is 91.5 cm³/mol. The molecule has 0 aliphatic rings. The van der Waals surface area contributed by atoms with Gasteiger partial charge in [0.1, 0.15) is 5.75 Å². The molecule has 142 valence electrons. The van der Waals surface area contributed by atoms with Crippen LogP contribution in [0.2, 0.25) is 0 Å². The number of carbonyl (C=O) groups is 2. The number of benzene rings is 2. The van der Waals surface area contributed by atoms with Crippen molar-refractivity contribution >= 4 is 23.3 Å². The molecule has 0 saturated carbocycles. The molecule has 0 aliphatic carbocycles. The molecule has 0 fully saturated rings. The van der Waals surface area contributed by atoms with Crippen molar-refractivity contribution in [1.29, 1.82) is 0 Å². The van der Waals surface area contributed by atoms with Crippen LogP contribution in [0.25, 0.3) is 0 Å². The molecule has 0 heterocycles. The zero-order valence-corrected chi connectivity index (χ0v) is 14.4. The highest BCUT2D eigenvalue weighted by Crippen LogP contribution is 2.28. The summed E-state index contributed by atoms with van der Waals surface area (Å²) in [6.45, 7) is -0.682. The summed E-state index contributed by atoms with van der Waals surface area (Å²) in [6, 6.07) is 7.10. The van der Waals surface area contributed by atoms with Crippen LogP contribution < -0.4 is 14.8 Å². The Labute approximate surface area is 152 Å². The quantitative estimate of drug-likeness (QED) is 0.447. The molecule has 0 aliphatic heterocycles. The van der Waals surface area contributed by atoms with Gasteiger partial charge in [-0.25, -0.2) is 9.18 Å². The molecule has 0 saturated heterocycles. The summed E-state index contributed by atoms with van der Waals surface area (Å²) in [5, 5.41) is 13.2. The Kier molecular flexibility index (Phi) is 6.26. The first kappa shape index (κ1) is 19.6. The van der Waals surface area contributed by atoms with E-state index >= 15 is 0 Å². The van der Waals surface area contributed by atoms with Crippen LogP contribution in [-0.4, -0.2) is 37.6 Å². The van der Waals surface area contributed by atoms with Crippen LogP contribution in [0.4, 0.5) is 15.8 Å². The molecule has 0 unspecified atom stereocenters. The summed E-state index contributed by atoms with van der Waals surface area (Å²) in [7, 11) is 2.61. The predicted octanol–water partition coefficient (Wildman–Crippen LogP) is 2.55. The van der Waals surface area contributed by atoms with E-state index < -0.39 is 29.2 Å². The molecule has 2 aromatic carbocycles. The Hall–Kier alpha value is -3.69. The molecule has 0 aromatic heterocycles. The summed E-state index contributed by atoms with van der Waals surface area (Å²) in [4.78, 5) is 34.0. The van der Waals surface area contributed by atoms with E-state index in [0.717, 1.165) is 12.1 Å². The zero-order chi connectivity index (χ0) is 20.0. The van der Waals surface area contributed by atoms with Crippen molar-refractivity contribution in [3.8, 4) is 11.5 Å². The van der Waals surface area contributed by atoms with Crippen LogP contribution in [-0.2, 0) is 9.53 Å². The van der Waals surface area contributed by atoms with E-state index in [1.165, 1.54) is 38.5 Å². The lowest BCUT2D eigenvalue weighted by molar-refractivity contribution is -0.384. The second-order valence-electron chi connectivity index (χ2n) is 5.12. The largest absolute Gasteiger partial charge is 0.495 e. The van der Waals surface area contributed by atoms with Crippen LogP contribution in [0.1, 0.15) is 10.4 Å². The van der Waals surface area contributed by atoms with E-state index in [9.17, 15) is 24.1 Å². The molecule has 9 nitrogen and oxygen atoms in total. The number of ether oxygens (including phenoxy) is 3. The maximum absolute atomic E-state index is 13.6. The third-order valence-electron chi connectivity index (χ3n) is 3.39. The number of halogens is 1. The minimum absolute atomic E-state index is 0.0398. The smallest absolute Gasteiger partial charge is 0.338 e. The van der Waals surface area contributed by atoms with Gasteiger partial charge >= 0.3 is 5.97 Å². The number of hydrogen-bond acceptors (Lipinski definition) is 7. The minimum Gasteiger partial charge on any atom is -0.495 e. The average molecular weight is 378 g/mol. The van der Waals surface area contributed by atoms with Crippen molar-refractivity contribution in [2.24, 2.45) is 0 Å². The fourth-order valence-corrected chi connectivity index (χ4v) is 2.10. The Bertz CT molecular complexity index is 886. The number of carbonyl (C=O) groups excluding carboxylic acids is 2. The van der Waals surface area contributed by atoms with Crippen LogP contribution in [0, 0.1) is 15.9 Å². The number of nitrogens with zero attached hydrogens (tertiary/aromatic N) is 1. The Morgan fingerprint density at radius 2 is 1.78 bits per heavy atom. The van der Waals surface area contributed by atoms with Crippen LogP contribution >= 0.6 is 0 Å². The van der Waals surface area contributed by atoms with Gasteiger partial charge in [-0.3, -0.25) is 14.9 Å².